The highest BCUT2D eigenvalue weighted by Gasteiger charge is 2.28. The van der Waals surface area contributed by atoms with Crippen molar-refractivity contribution in [2.45, 2.75) is 38.6 Å². The maximum atomic E-state index is 12.3. The Labute approximate surface area is 139 Å². The second-order valence-corrected chi connectivity index (χ2v) is 7.58. The number of fused-ring (bicyclic) bond motifs is 1. The maximum Gasteiger partial charge on any atom is 0.261 e. The number of carbonyl (C=O) groups excluding carboxylic acids is 1. The Morgan fingerprint density at radius 3 is 3.09 bits per heavy atom. The first-order valence-electron chi connectivity index (χ1n) is 8.16. The first-order chi connectivity index (χ1) is 11.2. The Morgan fingerprint density at radius 1 is 1.35 bits per heavy atom. The van der Waals surface area contributed by atoms with Gasteiger partial charge in [-0.2, -0.15) is 0 Å². The van der Waals surface area contributed by atoms with E-state index in [2.05, 4.69) is 20.2 Å². The van der Waals surface area contributed by atoms with E-state index in [1.165, 1.54) is 22.6 Å². The van der Waals surface area contributed by atoms with Gasteiger partial charge in [-0.05, 0) is 44.7 Å². The fraction of sp³-hybridized carbons (Fsp3) is 0.471. The van der Waals surface area contributed by atoms with Gasteiger partial charge in [-0.15, -0.1) is 11.3 Å². The van der Waals surface area contributed by atoms with Crippen molar-refractivity contribution in [2.24, 2.45) is 0 Å². The molecule has 120 valence electrons. The molecule has 0 radical (unpaired) electrons. The van der Waals surface area contributed by atoms with Gasteiger partial charge in [0.2, 0.25) is 0 Å². The van der Waals surface area contributed by atoms with Gasteiger partial charge >= 0.3 is 0 Å². The number of nitrogens with one attached hydrogen (secondary N) is 1. The van der Waals surface area contributed by atoms with E-state index in [-0.39, 0.29) is 11.9 Å². The number of amides is 1. The molecule has 4 rings (SSSR count). The molecule has 0 spiro atoms. The lowest BCUT2D eigenvalue weighted by molar-refractivity contribution is 0.0944. The van der Waals surface area contributed by atoms with Crippen LogP contribution in [0.1, 0.15) is 38.6 Å². The summed E-state index contributed by atoms with van der Waals surface area (Å²) in [6.45, 7) is 3.80. The molecule has 1 aliphatic heterocycles. The van der Waals surface area contributed by atoms with Crippen LogP contribution in [0.5, 0.6) is 0 Å². The summed E-state index contributed by atoms with van der Waals surface area (Å²) < 4.78 is 0. The number of hydrogen-bond acceptors (Lipinski definition) is 5. The summed E-state index contributed by atoms with van der Waals surface area (Å²) in [6, 6.07) is 4.08. The minimum absolute atomic E-state index is 0.0443. The number of carbonyl (C=O) groups is 1. The van der Waals surface area contributed by atoms with E-state index < -0.39 is 0 Å². The van der Waals surface area contributed by atoms with Crippen LogP contribution in [0.4, 0.5) is 5.82 Å². The average Bonchev–Trinajstić information content (AvgIpc) is 3.26. The van der Waals surface area contributed by atoms with Gasteiger partial charge in [0, 0.05) is 35.3 Å². The molecule has 6 heteroatoms. The second-order valence-electron chi connectivity index (χ2n) is 6.29. The largest absolute Gasteiger partial charge is 0.354 e. The van der Waals surface area contributed by atoms with Gasteiger partial charge in [0.05, 0.1) is 4.88 Å². The quantitative estimate of drug-likeness (QED) is 0.939. The van der Waals surface area contributed by atoms with Crippen molar-refractivity contribution in [3.8, 4) is 0 Å². The molecular formula is C17H20N4OS. The van der Waals surface area contributed by atoms with Gasteiger partial charge in [0.1, 0.15) is 12.1 Å². The van der Waals surface area contributed by atoms with Gasteiger partial charge in [-0.25, -0.2) is 9.97 Å². The van der Waals surface area contributed by atoms with Crippen molar-refractivity contribution < 1.29 is 4.79 Å². The van der Waals surface area contributed by atoms with Crippen molar-refractivity contribution in [2.75, 3.05) is 18.0 Å². The number of thiophene rings is 1. The van der Waals surface area contributed by atoms with E-state index in [9.17, 15) is 4.79 Å². The van der Waals surface area contributed by atoms with Crippen molar-refractivity contribution in [3.05, 3.63) is 39.5 Å². The predicted octanol–water partition coefficient (Wildman–Crippen LogP) is 2.34. The summed E-state index contributed by atoms with van der Waals surface area (Å²) >= 11 is 1.55. The summed E-state index contributed by atoms with van der Waals surface area (Å²) in [5, 5.41) is 3.16. The number of aromatic nitrogens is 2. The van der Waals surface area contributed by atoms with Crippen molar-refractivity contribution >= 4 is 23.1 Å². The van der Waals surface area contributed by atoms with Crippen molar-refractivity contribution in [3.63, 3.8) is 0 Å². The lowest BCUT2D eigenvalue weighted by Crippen LogP contribution is -2.37. The third-order valence-corrected chi connectivity index (χ3v) is 5.64. The van der Waals surface area contributed by atoms with Crippen LogP contribution in [0.25, 0.3) is 0 Å². The van der Waals surface area contributed by atoms with Crippen molar-refractivity contribution in [1.29, 1.82) is 0 Å². The van der Waals surface area contributed by atoms with Crippen LogP contribution in [0.2, 0.25) is 0 Å². The highest BCUT2D eigenvalue weighted by Crippen LogP contribution is 2.29. The fourth-order valence-electron chi connectivity index (χ4n) is 3.50. The lowest BCUT2D eigenvalue weighted by atomic mass is 10.2. The number of aryl methyl sites for hydroxylation is 2. The topological polar surface area (TPSA) is 58.1 Å². The van der Waals surface area contributed by atoms with Crippen LogP contribution in [0, 0.1) is 6.92 Å². The van der Waals surface area contributed by atoms with E-state index in [4.69, 9.17) is 0 Å². The third kappa shape index (κ3) is 2.83. The number of hydrogen-bond donors (Lipinski definition) is 1. The zero-order valence-electron chi connectivity index (χ0n) is 13.2. The Morgan fingerprint density at radius 2 is 2.26 bits per heavy atom. The molecule has 2 aliphatic rings. The fourth-order valence-corrected chi connectivity index (χ4v) is 4.27. The summed E-state index contributed by atoms with van der Waals surface area (Å²) in [7, 11) is 0. The van der Waals surface area contributed by atoms with E-state index in [1.807, 2.05) is 19.1 Å². The zero-order valence-corrected chi connectivity index (χ0v) is 14.0. The molecule has 0 saturated carbocycles. The molecule has 1 saturated heterocycles. The number of rotatable bonds is 3. The Kier molecular flexibility index (Phi) is 3.77. The average molecular weight is 328 g/mol. The molecule has 1 atom stereocenters. The van der Waals surface area contributed by atoms with Crippen molar-refractivity contribution in [1.82, 2.24) is 15.3 Å². The first kappa shape index (κ1) is 14.6. The Bertz CT molecular complexity index is 742. The summed E-state index contributed by atoms with van der Waals surface area (Å²) in [6.07, 6.45) is 5.96. The first-order valence-corrected chi connectivity index (χ1v) is 8.97. The highest BCUT2D eigenvalue weighted by atomic mass is 32.1. The third-order valence-electron chi connectivity index (χ3n) is 4.64. The van der Waals surface area contributed by atoms with Crippen LogP contribution >= 0.6 is 11.3 Å². The molecular weight excluding hydrogens is 308 g/mol. The summed E-state index contributed by atoms with van der Waals surface area (Å²) in [4.78, 5) is 25.5. The van der Waals surface area contributed by atoms with E-state index in [0.717, 1.165) is 43.0 Å². The monoisotopic (exact) mass is 328 g/mol. The van der Waals surface area contributed by atoms with Crippen LogP contribution in [-0.4, -0.2) is 35.0 Å². The van der Waals surface area contributed by atoms with Crippen LogP contribution in [0.3, 0.4) is 0 Å². The summed E-state index contributed by atoms with van der Waals surface area (Å²) in [5.74, 6) is 1.12. The molecule has 2 aromatic heterocycles. The molecule has 2 aromatic rings. The van der Waals surface area contributed by atoms with Gasteiger partial charge in [0.25, 0.3) is 5.91 Å². The standard InChI is InChI=1S/C17H20N4OS/c1-11-5-6-15(23-11)17(22)20-12-7-8-21(9-12)16-13-3-2-4-14(13)18-10-19-16/h5-6,10,12H,2-4,7-9H2,1H3,(H,20,22). The lowest BCUT2D eigenvalue weighted by Gasteiger charge is -2.20. The smallest absolute Gasteiger partial charge is 0.261 e. The van der Waals surface area contributed by atoms with Gasteiger partial charge in [-0.1, -0.05) is 0 Å². The predicted molar refractivity (Wildman–Crippen MR) is 91.2 cm³/mol. The molecule has 1 amide bonds. The molecule has 3 heterocycles. The molecule has 0 bridgehead atoms. The van der Waals surface area contributed by atoms with Crippen LogP contribution in [0.15, 0.2) is 18.5 Å². The number of nitrogens with zero attached hydrogens (tertiary/aromatic N) is 3. The van der Waals surface area contributed by atoms with Gasteiger partial charge in [0.15, 0.2) is 0 Å². The normalized spacial score (nSPS) is 19.9. The van der Waals surface area contributed by atoms with E-state index >= 15 is 0 Å². The maximum absolute atomic E-state index is 12.3. The molecule has 1 unspecified atom stereocenters. The zero-order chi connectivity index (χ0) is 15.8. The summed E-state index contributed by atoms with van der Waals surface area (Å²) in [5.41, 5.74) is 2.52. The molecule has 1 fully saturated rings. The Hall–Kier alpha value is -1.95. The number of anilines is 1. The van der Waals surface area contributed by atoms with Gasteiger partial charge < -0.3 is 10.2 Å². The second kappa shape index (κ2) is 5.92. The molecule has 0 aromatic carbocycles. The minimum atomic E-state index is 0.0443. The minimum Gasteiger partial charge on any atom is -0.354 e. The highest BCUT2D eigenvalue weighted by molar-refractivity contribution is 7.13. The van der Waals surface area contributed by atoms with E-state index in [0.29, 0.717) is 0 Å². The van der Waals surface area contributed by atoms with Crippen LogP contribution in [-0.2, 0) is 12.8 Å². The van der Waals surface area contributed by atoms with Crippen LogP contribution < -0.4 is 10.2 Å². The van der Waals surface area contributed by atoms with E-state index in [1.54, 1.807) is 17.7 Å². The molecule has 1 aliphatic carbocycles. The molecule has 5 nitrogen and oxygen atoms in total. The Balaban J connectivity index is 1.44. The van der Waals surface area contributed by atoms with Gasteiger partial charge in [-0.3, -0.25) is 4.79 Å². The molecule has 1 N–H and O–H groups in total. The molecule has 23 heavy (non-hydrogen) atoms. The SMILES string of the molecule is Cc1ccc(C(=O)NC2CCN(c3ncnc4c3CCC4)C2)s1.